The van der Waals surface area contributed by atoms with Crippen LogP contribution in [0.4, 0.5) is 10.5 Å². The molecule has 0 fully saturated rings. The summed E-state index contributed by atoms with van der Waals surface area (Å²) < 4.78 is 11.2. The van der Waals surface area contributed by atoms with Gasteiger partial charge >= 0.3 is 6.09 Å². The van der Waals surface area contributed by atoms with Crippen LogP contribution in [0.15, 0.2) is 22.7 Å². The number of carbonyl (C=O) groups is 1. The molecule has 0 radical (unpaired) electrons. The number of hydrogen-bond donors (Lipinski definition) is 1. The van der Waals surface area contributed by atoms with E-state index in [4.69, 9.17) is 9.47 Å². The van der Waals surface area contributed by atoms with Gasteiger partial charge in [0.15, 0.2) is 0 Å². The average Bonchev–Trinajstić information content (AvgIpc) is 2.14. The highest BCUT2D eigenvalue weighted by Crippen LogP contribution is 2.28. The minimum absolute atomic E-state index is 0.506. The van der Waals surface area contributed by atoms with Crippen LogP contribution in [-0.2, 0) is 4.74 Å². The summed E-state index contributed by atoms with van der Waals surface area (Å²) in [4.78, 5) is 11.6. The highest BCUT2D eigenvalue weighted by molar-refractivity contribution is 9.10. The first kappa shape index (κ1) is 13.8. The molecule has 5 heteroatoms. The van der Waals surface area contributed by atoms with E-state index in [-0.39, 0.29) is 0 Å². The number of benzene rings is 1. The first-order valence-corrected chi connectivity index (χ1v) is 5.94. The van der Waals surface area contributed by atoms with Crippen molar-refractivity contribution in [3.05, 3.63) is 22.7 Å². The summed E-state index contributed by atoms with van der Waals surface area (Å²) in [6, 6.07) is 5.35. The number of methoxy groups -OCH3 is 1. The van der Waals surface area contributed by atoms with E-state index in [2.05, 4.69) is 21.2 Å². The van der Waals surface area contributed by atoms with Crippen LogP contribution in [0, 0.1) is 0 Å². The molecule has 0 aliphatic rings. The Labute approximate surface area is 109 Å². The van der Waals surface area contributed by atoms with Gasteiger partial charge < -0.3 is 9.47 Å². The fraction of sp³-hybridized carbons (Fsp3) is 0.417. The zero-order chi connectivity index (χ0) is 13.1. The van der Waals surface area contributed by atoms with Gasteiger partial charge in [-0.25, -0.2) is 4.79 Å². The van der Waals surface area contributed by atoms with Crippen LogP contribution in [0.2, 0.25) is 0 Å². The fourth-order valence-corrected chi connectivity index (χ4v) is 1.55. The van der Waals surface area contributed by atoms with E-state index in [1.807, 2.05) is 26.8 Å². The van der Waals surface area contributed by atoms with Crippen LogP contribution in [0.5, 0.6) is 5.75 Å². The van der Waals surface area contributed by atoms with Crippen molar-refractivity contribution in [3.63, 3.8) is 0 Å². The lowest BCUT2D eigenvalue weighted by molar-refractivity contribution is 0.0635. The summed E-state index contributed by atoms with van der Waals surface area (Å²) in [7, 11) is 1.55. The zero-order valence-corrected chi connectivity index (χ0v) is 11.9. The first-order valence-electron chi connectivity index (χ1n) is 5.15. The van der Waals surface area contributed by atoms with Crippen molar-refractivity contribution in [2.24, 2.45) is 0 Å². The number of rotatable bonds is 2. The second-order valence-corrected chi connectivity index (χ2v) is 5.39. The van der Waals surface area contributed by atoms with E-state index >= 15 is 0 Å². The van der Waals surface area contributed by atoms with Gasteiger partial charge in [0.05, 0.1) is 12.8 Å². The Bertz CT molecular complexity index is 413. The third-order valence-corrected chi connectivity index (χ3v) is 2.29. The molecular weight excluding hydrogens is 286 g/mol. The third-order valence-electron chi connectivity index (χ3n) is 1.80. The maximum Gasteiger partial charge on any atom is 0.412 e. The lowest BCUT2D eigenvalue weighted by Crippen LogP contribution is -2.27. The summed E-state index contributed by atoms with van der Waals surface area (Å²) in [6.45, 7) is 5.43. The van der Waals surface area contributed by atoms with Gasteiger partial charge in [-0.3, -0.25) is 5.32 Å². The minimum Gasteiger partial charge on any atom is -0.495 e. The smallest absolute Gasteiger partial charge is 0.412 e. The number of carbonyl (C=O) groups excluding carboxylic acids is 1. The minimum atomic E-state index is -0.524. The largest absolute Gasteiger partial charge is 0.495 e. The van der Waals surface area contributed by atoms with Crippen molar-refractivity contribution in [3.8, 4) is 5.75 Å². The molecule has 0 unspecified atom stereocenters. The number of ether oxygens (including phenoxy) is 2. The normalized spacial score (nSPS) is 10.9. The van der Waals surface area contributed by atoms with Gasteiger partial charge in [-0.1, -0.05) is 15.9 Å². The van der Waals surface area contributed by atoms with E-state index in [0.717, 1.165) is 4.47 Å². The van der Waals surface area contributed by atoms with Crippen LogP contribution in [0.3, 0.4) is 0 Å². The molecule has 0 heterocycles. The Morgan fingerprint density at radius 1 is 1.35 bits per heavy atom. The molecule has 0 bridgehead atoms. The standard InChI is InChI=1S/C12H16BrNO3/c1-12(2,3)17-11(15)14-9-7-8(13)5-6-10(9)16-4/h5-7H,1-4H3,(H,14,15). The Balaban J connectivity index is 2.80. The maximum atomic E-state index is 11.6. The maximum absolute atomic E-state index is 11.6. The highest BCUT2D eigenvalue weighted by atomic mass is 79.9. The molecule has 1 aromatic carbocycles. The average molecular weight is 302 g/mol. The summed E-state index contributed by atoms with van der Waals surface area (Å²) in [5, 5.41) is 2.64. The van der Waals surface area contributed by atoms with Gasteiger partial charge in [-0.2, -0.15) is 0 Å². The van der Waals surface area contributed by atoms with Crippen LogP contribution in [-0.4, -0.2) is 18.8 Å². The lowest BCUT2D eigenvalue weighted by atomic mass is 10.2. The second-order valence-electron chi connectivity index (χ2n) is 4.47. The predicted molar refractivity (Wildman–Crippen MR) is 70.6 cm³/mol. The van der Waals surface area contributed by atoms with Crippen molar-refractivity contribution < 1.29 is 14.3 Å². The topological polar surface area (TPSA) is 47.6 Å². The van der Waals surface area contributed by atoms with Gasteiger partial charge in [0, 0.05) is 4.47 Å². The van der Waals surface area contributed by atoms with Crippen LogP contribution >= 0.6 is 15.9 Å². The number of anilines is 1. The Hall–Kier alpha value is -1.23. The molecule has 1 N–H and O–H groups in total. The number of hydrogen-bond acceptors (Lipinski definition) is 3. The highest BCUT2D eigenvalue weighted by Gasteiger charge is 2.17. The van der Waals surface area contributed by atoms with Crippen LogP contribution in [0.1, 0.15) is 20.8 Å². The summed E-state index contributed by atoms with van der Waals surface area (Å²) >= 11 is 3.33. The molecule has 0 saturated carbocycles. The molecule has 0 aliphatic heterocycles. The quantitative estimate of drug-likeness (QED) is 0.903. The molecule has 0 spiro atoms. The fourth-order valence-electron chi connectivity index (χ4n) is 1.19. The molecule has 0 aliphatic carbocycles. The van der Waals surface area contributed by atoms with E-state index in [1.54, 1.807) is 19.2 Å². The van der Waals surface area contributed by atoms with Gasteiger partial charge in [0.2, 0.25) is 0 Å². The van der Waals surface area contributed by atoms with E-state index in [0.29, 0.717) is 11.4 Å². The molecule has 0 saturated heterocycles. The number of amides is 1. The molecule has 94 valence electrons. The van der Waals surface area contributed by atoms with E-state index in [1.165, 1.54) is 0 Å². The molecule has 0 atom stereocenters. The Morgan fingerprint density at radius 2 is 2.00 bits per heavy atom. The molecule has 1 rings (SSSR count). The molecule has 17 heavy (non-hydrogen) atoms. The van der Waals surface area contributed by atoms with Crippen molar-refractivity contribution in [1.29, 1.82) is 0 Å². The summed E-state index contributed by atoms with van der Waals surface area (Å²) in [5.41, 5.74) is 0.0414. The molecule has 1 aromatic rings. The predicted octanol–water partition coefficient (Wildman–Crippen LogP) is 3.80. The zero-order valence-electron chi connectivity index (χ0n) is 10.3. The molecule has 1 amide bonds. The Kier molecular flexibility index (Phi) is 4.40. The lowest BCUT2D eigenvalue weighted by Gasteiger charge is -2.20. The summed E-state index contributed by atoms with van der Waals surface area (Å²) in [6.07, 6.45) is -0.506. The summed E-state index contributed by atoms with van der Waals surface area (Å²) in [5.74, 6) is 0.582. The van der Waals surface area contributed by atoms with E-state index in [9.17, 15) is 4.79 Å². The Morgan fingerprint density at radius 3 is 2.53 bits per heavy atom. The SMILES string of the molecule is COc1ccc(Br)cc1NC(=O)OC(C)(C)C. The van der Waals surface area contributed by atoms with E-state index < -0.39 is 11.7 Å². The monoisotopic (exact) mass is 301 g/mol. The van der Waals surface area contributed by atoms with Crippen molar-refractivity contribution >= 4 is 27.7 Å². The molecule has 0 aromatic heterocycles. The van der Waals surface area contributed by atoms with Gasteiger partial charge in [0.25, 0.3) is 0 Å². The van der Waals surface area contributed by atoms with Crippen molar-refractivity contribution in [2.75, 3.05) is 12.4 Å². The van der Waals surface area contributed by atoms with Gasteiger partial charge in [-0.15, -0.1) is 0 Å². The van der Waals surface area contributed by atoms with Gasteiger partial charge in [-0.05, 0) is 39.0 Å². The van der Waals surface area contributed by atoms with Crippen molar-refractivity contribution in [1.82, 2.24) is 0 Å². The van der Waals surface area contributed by atoms with Crippen LogP contribution < -0.4 is 10.1 Å². The number of nitrogens with one attached hydrogen (secondary N) is 1. The molecule has 4 nitrogen and oxygen atoms in total. The van der Waals surface area contributed by atoms with Gasteiger partial charge in [0.1, 0.15) is 11.4 Å². The first-order chi connectivity index (χ1) is 7.81. The molecular formula is C12H16BrNO3. The van der Waals surface area contributed by atoms with Crippen LogP contribution in [0.25, 0.3) is 0 Å². The second kappa shape index (κ2) is 5.40. The number of halogens is 1. The third kappa shape index (κ3) is 4.65. The van der Waals surface area contributed by atoms with Crippen molar-refractivity contribution in [2.45, 2.75) is 26.4 Å².